The van der Waals surface area contributed by atoms with Gasteiger partial charge in [-0.05, 0) is 55.5 Å². The number of anilines is 2. The molecule has 0 spiro atoms. The van der Waals surface area contributed by atoms with Gasteiger partial charge in [0.25, 0.3) is 0 Å². The monoisotopic (exact) mass is 349 g/mol. The molecule has 0 aromatic heterocycles. The van der Waals surface area contributed by atoms with Gasteiger partial charge in [-0.25, -0.2) is 13.6 Å². The van der Waals surface area contributed by atoms with E-state index in [0.717, 1.165) is 11.4 Å². The lowest BCUT2D eigenvalue weighted by Crippen LogP contribution is -2.31. The van der Waals surface area contributed by atoms with Crippen molar-refractivity contribution in [2.45, 2.75) is 17.9 Å². The van der Waals surface area contributed by atoms with Gasteiger partial charge in [0, 0.05) is 11.4 Å². The Bertz CT molecular complexity index is 802. The van der Waals surface area contributed by atoms with E-state index in [1.165, 1.54) is 24.3 Å². The van der Waals surface area contributed by atoms with E-state index >= 15 is 0 Å². The van der Waals surface area contributed by atoms with Gasteiger partial charge >= 0.3 is 0 Å². The second kappa shape index (κ2) is 7.33. The van der Waals surface area contributed by atoms with Crippen LogP contribution in [0.15, 0.2) is 53.4 Å². The van der Waals surface area contributed by atoms with Crippen molar-refractivity contribution in [3.63, 3.8) is 0 Å². The highest BCUT2D eigenvalue weighted by Crippen LogP contribution is 2.17. The molecule has 0 radical (unpaired) electrons. The van der Waals surface area contributed by atoms with Gasteiger partial charge in [-0.2, -0.15) is 0 Å². The van der Waals surface area contributed by atoms with Crippen molar-refractivity contribution in [1.29, 1.82) is 0 Å². The summed E-state index contributed by atoms with van der Waals surface area (Å²) in [7, 11) is -2.16. The Balaban J connectivity index is 1.98. The van der Waals surface area contributed by atoms with Crippen molar-refractivity contribution in [3.05, 3.63) is 48.5 Å². The fourth-order valence-electron chi connectivity index (χ4n) is 1.98. The van der Waals surface area contributed by atoms with Crippen LogP contribution < -0.4 is 20.5 Å². The Labute approximate surface area is 140 Å². The summed E-state index contributed by atoms with van der Waals surface area (Å²) in [5, 5.41) is 10.8. The number of amides is 1. The SMILES string of the molecule is COc1ccc(NC(C)C(=O)Nc2ccc(S(N)(=O)=O)cc2)cc1. The van der Waals surface area contributed by atoms with Crippen molar-refractivity contribution in [2.24, 2.45) is 5.14 Å². The Morgan fingerprint density at radius 1 is 1.04 bits per heavy atom. The van der Waals surface area contributed by atoms with Crippen LogP contribution in [0.25, 0.3) is 0 Å². The molecular weight excluding hydrogens is 330 g/mol. The topological polar surface area (TPSA) is 111 Å². The summed E-state index contributed by atoms with van der Waals surface area (Å²) in [4.78, 5) is 12.2. The first-order valence-corrected chi connectivity index (χ1v) is 8.68. The predicted octanol–water partition coefficient (Wildman–Crippen LogP) is 1.78. The molecule has 0 heterocycles. The molecule has 1 atom stereocenters. The molecule has 7 nitrogen and oxygen atoms in total. The molecule has 0 saturated carbocycles. The zero-order valence-corrected chi connectivity index (χ0v) is 14.1. The summed E-state index contributed by atoms with van der Waals surface area (Å²) in [5.41, 5.74) is 1.26. The quantitative estimate of drug-likeness (QED) is 0.736. The smallest absolute Gasteiger partial charge is 0.246 e. The first kappa shape index (κ1) is 17.8. The van der Waals surface area contributed by atoms with Crippen LogP contribution in [0.3, 0.4) is 0 Å². The zero-order valence-electron chi connectivity index (χ0n) is 13.3. The van der Waals surface area contributed by atoms with Gasteiger partial charge in [0.2, 0.25) is 15.9 Å². The number of carbonyl (C=O) groups is 1. The highest BCUT2D eigenvalue weighted by Gasteiger charge is 2.13. The number of sulfonamides is 1. The fraction of sp³-hybridized carbons (Fsp3) is 0.188. The van der Waals surface area contributed by atoms with Gasteiger partial charge in [0.1, 0.15) is 11.8 Å². The van der Waals surface area contributed by atoms with E-state index in [2.05, 4.69) is 10.6 Å². The Hall–Kier alpha value is -2.58. The Kier molecular flexibility index (Phi) is 5.42. The van der Waals surface area contributed by atoms with Crippen molar-refractivity contribution in [2.75, 3.05) is 17.7 Å². The standard InChI is InChI=1S/C16H19N3O4S/c1-11(18-12-3-7-14(23-2)8-4-12)16(20)19-13-5-9-15(10-6-13)24(17,21)22/h3-11,18H,1-2H3,(H,19,20)(H2,17,21,22). The average Bonchev–Trinajstić information content (AvgIpc) is 2.55. The molecule has 24 heavy (non-hydrogen) atoms. The van der Waals surface area contributed by atoms with Crippen LogP contribution in [0, 0.1) is 0 Å². The molecule has 2 aromatic rings. The molecule has 0 fully saturated rings. The maximum atomic E-state index is 12.2. The lowest BCUT2D eigenvalue weighted by Gasteiger charge is -2.15. The third kappa shape index (κ3) is 4.71. The highest BCUT2D eigenvalue weighted by molar-refractivity contribution is 7.89. The van der Waals surface area contributed by atoms with Crippen molar-refractivity contribution in [1.82, 2.24) is 0 Å². The molecule has 4 N–H and O–H groups in total. The molecule has 0 aliphatic rings. The Morgan fingerprint density at radius 2 is 1.58 bits per heavy atom. The minimum absolute atomic E-state index is 0.00935. The maximum Gasteiger partial charge on any atom is 0.246 e. The number of methoxy groups -OCH3 is 1. The molecule has 0 saturated heterocycles. The van der Waals surface area contributed by atoms with E-state index in [9.17, 15) is 13.2 Å². The number of hydrogen-bond donors (Lipinski definition) is 3. The molecule has 0 bridgehead atoms. The second-order valence-corrected chi connectivity index (χ2v) is 6.71. The fourth-order valence-corrected chi connectivity index (χ4v) is 2.50. The number of carbonyl (C=O) groups excluding carboxylic acids is 1. The lowest BCUT2D eigenvalue weighted by atomic mass is 10.2. The summed E-state index contributed by atoms with van der Waals surface area (Å²) < 4.78 is 27.5. The van der Waals surface area contributed by atoms with Crippen LogP contribution >= 0.6 is 0 Å². The number of benzene rings is 2. The number of nitrogens with one attached hydrogen (secondary N) is 2. The molecule has 2 aromatic carbocycles. The van der Waals surface area contributed by atoms with Gasteiger partial charge < -0.3 is 15.4 Å². The van der Waals surface area contributed by atoms with Gasteiger partial charge in [-0.15, -0.1) is 0 Å². The van der Waals surface area contributed by atoms with Crippen LogP contribution in [0.5, 0.6) is 5.75 Å². The third-order valence-corrected chi connectivity index (χ3v) is 4.25. The van der Waals surface area contributed by atoms with E-state index in [-0.39, 0.29) is 10.8 Å². The molecule has 1 unspecified atom stereocenters. The minimum Gasteiger partial charge on any atom is -0.497 e. The van der Waals surface area contributed by atoms with E-state index in [4.69, 9.17) is 9.88 Å². The maximum absolute atomic E-state index is 12.2. The van der Waals surface area contributed by atoms with Crippen LogP contribution in [0.2, 0.25) is 0 Å². The molecule has 0 aliphatic carbocycles. The van der Waals surface area contributed by atoms with Crippen molar-refractivity contribution < 1.29 is 17.9 Å². The number of primary sulfonamides is 1. The third-order valence-electron chi connectivity index (χ3n) is 3.32. The van der Waals surface area contributed by atoms with Gasteiger partial charge in [-0.1, -0.05) is 0 Å². The summed E-state index contributed by atoms with van der Waals surface area (Å²) in [5.74, 6) is 0.474. The van der Waals surface area contributed by atoms with Gasteiger partial charge in [0.15, 0.2) is 0 Å². The van der Waals surface area contributed by atoms with E-state index in [1.807, 2.05) is 12.1 Å². The molecule has 1 amide bonds. The predicted molar refractivity (Wildman–Crippen MR) is 92.5 cm³/mol. The van der Waals surface area contributed by atoms with Crippen molar-refractivity contribution >= 4 is 27.3 Å². The second-order valence-electron chi connectivity index (χ2n) is 5.15. The highest BCUT2D eigenvalue weighted by atomic mass is 32.2. The minimum atomic E-state index is -3.75. The van der Waals surface area contributed by atoms with E-state index in [0.29, 0.717) is 5.69 Å². The molecular formula is C16H19N3O4S. The summed E-state index contributed by atoms with van der Waals surface area (Å²) in [6, 6.07) is 12.4. The Morgan fingerprint density at radius 3 is 2.08 bits per heavy atom. The van der Waals surface area contributed by atoms with Gasteiger partial charge in [-0.3, -0.25) is 4.79 Å². The average molecular weight is 349 g/mol. The van der Waals surface area contributed by atoms with E-state index in [1.54, 1.807) is 26.2 Å². The normalized spacial score (nSPS) is 12.3. The van der Waals surface area contributed by atoms with Crippen LogP contribution in [0.1, 0.15) is 6.92 Å². The summed E-state index contributed by atoms with van der Waals surface area (Å²) >= 11 is 0. The number of hydrogen-bond acceptors (Lipinski definition) is 5. The molecule has 0 aliphatic heterocycles. The lowest BCUT2D eigenvalue weighted by molar-refractivity contribution is -0.116. The van der Waals surface area contributed by atoms with Gasteiger partial charge in [0.05, 0.1) is 12.0 Å². The number of nitrogens with two attached hydrogens (primary N) is 1. The van der Waals surface area contributed by atoms with Crippen LogP contribution in [0.4, 0.5) is 11.4 Å². The largest absolute Gasteiger partial charge is 0.497 e. The molecule has 8 heteroatoms. The zero-order chi connectivity index (χ0) is 17.7. The summed E-state index contributed by atoms with van der Waals surface area (Å²) in [6.45, 7) is 1.72. The summed E-state index contributed by atoms with van der Waals surface area (Å²) in [6.07, 6.45) is 0. The number of ether oxygens (including phenoxy) is 1. The van der Waals surface area contributed by atoms with Crippen LogP contribution in [-0.2, 0) is 14.8 Å². The van der Waals surface area contributed by atoms with Crippen LogP contribution in [-0.4, -0.2) is 27.5 Å². The molecule has 2 rings (SSSR count). The number of rotatable bonds is 6. The first-order valence-electron chi connectivity index (χ1n) is 7.14. The molecule has 128 valence electrons. The first-order chi connectivity index (χ1) is 11.3. The van der Waals surface area contributed by atoms with E-state index < -0.39 is 16.1 Å². The van der Waals surface area contributed by atoms with Crippen molar-refractivity contribution in [3.8, 4) is 5.75 Å².